The minimum Gasteiger partial charge on any atom is -0.356 e. The number of amides is 1. The highest BCUT2D eigenvalue weighted by atomic mass is 35.5. The molecule has 0 radical (unpaired) electrons. The molecule has 2 aliphatic rings. The van der Waals surface area contributed by atoms with Gasteiger partial charge in [-0.25, -0.2) is 0 Å². The summed E-state index contributed by atoms with van der Waals surface area (Å²) in [6.07, 6.45) is 4.95. The molecule has 1 fully saturated rings. The van der Waals surface area contributed by atoms with Crippen LogP contribution in [0.3, 0.4) is 0 Å². The Kier molecular flexibility index (Phi) is 3.08. The van der Waals surface area contributed by atoms with E-state index in [1.807, 2.05) is 12.1 Å². The molecule has 4 heteroatoms. The van der Waals surface area contributed by atoms with Crippen molar-refractivity contribution in [1.29, 1.82) is 0 Å². The molecule has 0 spiro atoms. The van der Waals surface area contributed by atoms with E-state index in [1.165, 1.54) is 0 Å². The molecule has 18 heavy (non-hydrogen) atoms. The zero-order valence-electron chi connectivity index (χ0n) is 10.1. The van der Waals surface area contributed by atoms with Crippen LogP contribution in [0.1, 0.15) is 18.4 Å². The Morgan fingerprint density at radius 3 is 3.06 bits per heavy atom. The van der Waals surface area contributed by atoms with E-state index in [4.69, 9.17) is 11.6 Å². The molecule has 0 saturated heterocycles. The number of carbonyl (C=O) groups excluding carboxylic acids is 1. The number of rotatable bonds is 4. The second kappa shape index (κ2) is 4.73. The Bertz CT molecular complexity index is 605. The maximum absolute atomic E-state index is 11.5. The fraction of sp³-hybridized carbons (Fsp3) is 0.429. The average Bonchev–Trinajstić information content (AvgIpc) is 3.10. The number of hydrogen-bond donors (Lipinski definition) is 1. The van der Waals surface area contributed by atoms with E-state index in [-0.39, 0.29) is 11.8 Å². The Morgan fingerprint density at radius 2 is 2.28 bits per heavy atom. The summed E-state index contributed by atoms with van der Waals surface area (Å²) >= 11 is 6.22. The molecule has 0 aromatic heterocycles. The van der Waals surface area contributed by atoms with E-state index in [2.05, 4.69) is 16.4 Å². The lowest BCUT2D eigenvalue weighted by atomic mass is 10.1. The molecular formula is C14H15ClN2O. The van der Waals surface area contributed by atoms with Gasteiger partial charge in [-0.15, -0.1) is 0 Å². The van der Waals surface area contributed by atoms with Gasteiger partial charge in [-0.2, -0.15) is 0 Å². The first-order valence-corrected chi connectivity index (χ1v) is 6.73. The minimum absolute atomic E-state index is 0.187. The zero-order chi connectivity index (χ0) is 12.5. The normalized spacial score (nSPS) is 16.7. The summed E-state index contributed by atoms with van der Waals surface area (Å²) < 4.78 is 0. The van der Waals surface area contributed by atoms with Gasteiger partial charge >= 0.3 is 0 Å². The van der Waals surface area contributed by atoms with E-state index in [0.717, 1.165) is 47.0 Å². The molecule has 0 atom stereocenters. The first kappa shape index (κ1) is 11.7. The van der Waals surface area contributed by atoms with Crippen molar-refractivity contribution in [3.63, 3.8) is 0 Å². The van der Waals surface area contributed by atoms with E-state index in [9.17, 15) is 4.79 Å². The predicted octanol–water partition coefficient (Wildman–Crippen LogP) is 0.822. The van der Waals surface area contributed by atoms with Crippen molar-refractivity contribution in [3.05, 3.63) is 33.3 Å². The van der Waals surface area contributed by atoms with Crippen LogP contribution in [0.25, 0.3) is 6.08 Å². The summed E-state index contributed by atoms with van der Waals surface area (Å²) in [6.45, 7) is 1.39. The van der Waals surface area contributed by atoms with Gasteiger partial charge in [0.25, 0.3) is 0 Å². The summed E-state index contributed by atoms with van der Waals surface area (Å²) in [7, 11) is 0. The summed E-state index contributed by atoms with van der Waals surface area (Å²) in [6, 6.07) is 3.84. The Labute approximate surface area is 111 Å². The van der Waals surface area contributed by atoms with Crippen molar-refractivity contribution in [2.45, 2.75) is 19.3 Å². The third kappa shape index (κ3) is 2.27. The third-order valence-electron chi connectivity index (χ3n) is 3.46. The molecule has 1 aromatic carbocycles. The highest BCUT2D eigenvalue weighted by Gasteiger charge is 2.29. The van der Waals surface area contributed by atoms with Crippen LogP contribution >= 0.6 is 11.6 Å². The van der Waals surface area contributed by atoms with Gasteiger partial charge in [-0.3, -0.25) is 9.79 Å². The molecule has 1 aliphatic carbocycles. The van der Waals surface area contributed by atoms with Gasteiger partial charge in [-0.1, -0.05) is 17.7 Å². The Hall–Kier alpha value is -1.35. The number of halogens is 1. The maximum atomic E-state index is 11.5. The fourth-order valence-corrected chi connectivity index (χ4v) is 2.54. The number of hydrogen-bond acceptors (Lipinski definition) is 2. The number of fused-ring (bicyclic) bond motifs is 1. The fourth-order valence-electron chi connectivity index (χ4n) is 2.28. The SMILES string of the molecule is O=C(NCCc1c(Cl)ccc2c1=CCN=2)C1CC1. The lowest BCUT2D eigenvalue weighted by Crippen LogP contribution is -2.31. The molecule has 1 heterocycles. The molecule has 94 valence electrons. The lowest BCUT2D eigenvalue weighted by molar-refractivity contribution is -0.122. The largest absolute Gasteiger partial charge is 0.356 e. The van der Waals surface area contributed by atoms with Gasteiger partial charge in [0.05, 0.1) is 11.9 Å². The second-order valence-corrected chi connectivity index (χ2v) is 5.23. The van der Waals surface area contributed by atoms with Crippen molar-refractivity contribution < 1.29 is 4.79 Å². The van der Waals surface area contributed by atoms with Crippen LogP contribution in [0, 0.1) is 5.92 Å². The van der Waals surface area contributed by atoms with Gasteiger partial charge < -0.3 is 5.32 Å². The first-order valence-electron chi connectivity index (χ1n) is 6.35. The van der Waals surface area contributed by atoms with Crippen molar-refractivity contribution in [2.24, 2.45) is 10.9 Å². The van der Waals surface area contributed by atoms with E-state index >= 15 is 0 Å². The van der Waals surface area contributed by atoms with Crippen molar-refractivity contribution in [1.82, 2.24) is 5.32 Å². The third-order valence-corrected chi connectivity index (χ3v) is 3.81. The number of nitrogens with one attached hydrogen (secondary N) is 1. The Morgan fingerprint density at radius 1 is 1.44 bits per heavy atom. The summed E-state index contributed by atoms with van der Waals surface area (Å²) in [5.41, 5.74) is 1.10. The van der Waals surface area contributed by atoms with Crippen LogP contribution in [0.4, 0.5) is 0 Å². The molecule has 0 bridgehead atoms. The quantitative estimate of drug-likeness (QED) is 0.858. The second-order valence-electron chi connectivity index (χ2n) is 4.82. The number of carbonyl (C=O) groups is 1. The predicted molar refractivity (Wildman–Crippen MR) is 71.0 cm³/mol. The van der Waals surface area contributed by atoms with Gasteiger partial charge in [-0.05, 0) is 37.0 Å². The number of nitrogens with zero attached hydrogens (tertiary/aromatic N) is 1. The van der Waals surface area contributed by atoms with Crippen molar-refractivity contribution >= 4 is 23.6 Å². The summed E-state index contributed by atoms with van der Waals surface area (Å²) in [4.78, 5) is 15.9. The van der Waals surface area contributed by atoms with Crippen molar-refractivity contribution in [3.8, 4) is 0 Å². The first-order chi connectivity index (χ1) is 8.75. The van der Waals surface area contributed by atoms with E-state index < -0.39 is 0 Å². The van der Waals surface area contributed by atoms with Crippen LogP contribution in [-0.2, 0) is 11.2 Å². The molecule has 1 amide bonds. The summed E-state index contributed by atoms with van der Waals surface area (Å²) in [5, 5.41) is 5.89. The molecular weight excluding hydrogens is 248 g/mol. The van der Waals surface area contributed by atoms with Crippen LogP contribution < -0.4 is 15.9 Å². The molecule has 1 aliphatic heterocycles. The van der Waals surface area contributed by atoms with Crippen molar-refractivity contribution in [2.75, 3.05) is 13.1 Å². The minimum atomic E-state index is 0.187. The number of benzene rings is 1. The topological polar surface area (TPSA) is 41.5 Å². The maximum Gasteiger partial charge on any atom is 0.223 e. The van der Waals surface area contributed by atoms with Gasteiger partial charge in [0, 0.05) is 22.7 Å². The molecule has 1 saturated carbocycles. The van der Waals surface area contributed by atoms with Gasteiger partial charge in [0.15, 0.2) is 0 Å². The van der Waals surface area contributed by atoms with Gasteiger partial charge in [0.2, 0.25) is 5.91 Å². The molecule has 1 aromatic rings. The molecule has 3 rings (SSSR count). The zero-order valence-corrected chi connectivity index (χ0v) is 10.8. The average molecular weight is 263 g/mol. The van der Waals surface area contributed by atoms with Crippen LogP contribution in [0.5, 0.6) is 0 Å². The highest BCUT2D eigenvalue weighted by Crippen LogP contribution is 2.28. The molecule has 0 unspecified atom stereocenters. The van der Waals surface area contributed by atoms with Crippen LogP contribution in [0.2, 0.25) is 5.02 Å². The van der Waals surface area contributed by atoms with E-state index in [0.29, 0.717) is 6.54 Å². The van der Waals surface area contributed by atoms with E-state index in [1.54, 1.807) is 0 Å². The van der Waals surface area contributed by atoms with Crippen LogP contribution in [0.15, 0.2) is 17.1 Å². The standard InChI is InChI=1S/C14H15ClN2O/c15-12-3-4-13-11(6-7-16-13)10(12)5-8-17-14(18)9-1-2-9/h3-4,6,9H,1-2,5,7-8H2,(H,17,18). The molecule has 1 N–H and O–H groups in total. The smallest absolute Gasteiger partial charge is 0.223 e. The molecule has 3 nitrogen and oxygen atoms in total. The lowest BCUT2D eigenvalue weighted by Gasteiger charge is -2.06. The van der Waals surface area contributed by atoms with Gasteiger partial charge in [0.1, 0.15) is 0 Å². The highest BCUT2D eigenvalue weighted by molar-refractivity contribution is 6.31. The summed E-state index contributed by atoms with van der Waals surface area (Å²) in [5.74, 6) is 0.455. The monoisotopic (exact) mass is 262 g/mol. The Balaban J connectivity index is 1.71. The van der Waals surface area contributed by atoms with Crippen LogP contribution in [-0.4, -0.2) is 19.0 Å².